The summed E-state index contributed by atoms with van der Waals surface area (Å²) in [4.78, 5) is 0. The summed E-state index contributed by atoms with van der Waals surface area (Å²) in [6, 6.07) is 5.75. The van der Waals surface area contributed by atoms with E-state index in [9.17, 15) is 5.11 Å². The van der Waals surface area contributed by atoms with E-state index in [1.165, 1.54) is 0 Å². The number of hydrogen-bond acceptors (Lipinski definition) is 3. The van der Waals surface area contributed by atoms with Crippen LogP contribution in [0.5, 0.6) is 11.5 Å². The molecule has 1 aliphatic rings. The summed E-state index contributed by atoms with van der Waals surface area (Å²) < 4.78 is 10.6. The molecule has 0 saturated heterocycles. The quantitative estimate of drug-likeness (QED) is 0.815. The Morgan fingerprint density at radius 1 is 1.29 bits per heavy atom. The fraction of sp³-hybridized carbons (Fsp3) is 0.429. The average Bonchev–Trinajstić information content (AvgIpc) is 2.69. The maximum Gasteiger partial charge on any atom is 0.123 e. The maximum absolute atomic E-state index is 9.66. The molecule has 0 aliphatic heterocycles. The van der Waals surface area contributed by atoms with Gasteiger partial charge in [-0.15, -0.1) is 0 Å². The van der Waals surface area contributed by atoms with Crippen molar-refractivity contribution in [2.75, 3.05) is 14.2 Å². The molecular weight excluding hydrogens is 216 g/mol. The molecule has 17 heavy (non-hydrogen) atoms. The highest BCUT2D eigenvalue weighted by atomic mass is 16.5. The van der Waals surface area contributed by atoms with Gasteiger partial charge in [0.15, 0.2) is 0 Å². The fourth-order valence-electron chi connectivity index (χ4n) is 2.35. The van der Waals surface area contributed by atoms with Gasteiger partial charge in [-0.3, -0.25) is 0 Å². The normalized spacial score (nSPS) is 27.2. The van der Waals surface area contributed by atoms with Crippen LogP contribution in [0.4, 0.5) is 0 Å². The van der Waals surface area contributed by atoms with E-state index in [4.69, 9.17) is 9.47 Å². The summed E-state index contributed by atoms with van der Waals surface area (Å²) in [6.45, 7) is 2.09. The smallest absolute Gasteiger partial charge is 0.123 e. The average molecular weight is 234 g/mol. The van der Waals surface area contributed by atoms with Gasteiger partial charge < -0.3 is 14.6 Å². The Morgan fingerprint density at radius 2 is 2.06 bits per heavy atom. The first-order valence-electron chi connectivity index (χ1n) is 5.69. The molecule has 2 atom stereocenters. The predicted octanol–water partition coefficient (Wildman–Crippen LogP) is 2.28. The summed E-state index contributed by atoms with van der Waals surface area (Å²) in [5, 5.41) is 9.66. The molecule has 3 heteroatoms. The van der Waals surface area contributed by atoms with Crippen molar-refractivity contribution in [3.63, 3.8) is 0 Å². The minimum atomic E-state index is -0.379. The van der Waals surface area contributed by atoms with Crippen LogP contribution in [0.1, 0.15) is 18.9 Å². The number of aliphatic hydroxyl groups is 1. The van der Waals surface area contributed by atoms with Gasteiger partial charge in [0.05, 0.1) is 20.3 Å². The van der Waals surface area contributed by atoms with Gasteiger partial charge in [-0.1, -0.05) is 19.1 Å². The second-order valence-corrected chi connectivity index (χ2v) is 4.61. The van der Waals surface area contributed by atoms with E-state index in [2.05, 4.69) is 6.92 Å². The van der Waals surface area contributed by atoms with Crippen molar-refractivity contribution in [3.05, 3.63) is 35.9 Å². The predicted molar refractivity (Wildman–Crippen MR) is 66.7 cm³/mol. The van der Waals surface area contributed by atoms with Gasteiger partial charge in [-0.25, -0.2) is 0 Å². The molecule has 0 heterocycles. The SMILES string of the molecule is COc1ccc(OC)c(C2(C)C=CC(O)C2)c1. The molecule has 3 nitrogen and oxygen atoms in total. The van der Waals surface area contributed by atoms with Crippen LogP contribution in [-0.2, 0) is 5.41 Å². The van der Waals surface area contributed by atoms with Crippen molar-refractivity contribution < 1.29 is 14.6 Å². The highest BCUT2D eigenvalue weighted by Crippen LogP contribution is 2.41. The van der Waals surface area contributed by atoms with Gasteiger partial charge in [-0.05, 0) is 24.6 Å². The third kappa shape index (κ3) is 2.15. The van der Waals surface area contributed by atoms with E-state index in [-0.39, 0.29) is 11.5 Å². The molecule has 1 aromatic carbocycles. The minimum Gasteiger partial charge on any atom is -0.497 e. The van der Waals surface area contributed by atoms with Gasteiger partial charge in [0.2, 0.25) is 0 Å². The monoisotopic (exact) mass is 234 g/mol. The molecule has 0 amide bonds. The number of rotatable bonds is 3. The topological polar surface area (TPSA) is 38.7 Å². The van der Waals surface area contributed by atoms with E-state index in [0.717, 1.165) is 17.1 Å². The summed E-state index contributed by atoms with van der Waals surface area (Å²) in [7, 11) is 3.30. The van der Waals surface area contributed by atoms with Crippen LogP contribution in [0.3, 0.4) is 0 Å². The molecule has 0 spiro atoms. The van der Waals surface area contributed by atoms with E-state index in [1.54, 1.807) is 14.2 Å². The van der Waals surface area contributed by atoms with Crippen LogP contribution >= 0.6 is 0 Å². The van der Waals surface area contributed by atoms with Crippen LogP contribution in [0.2, 0.25) is 0 Å². The van der Waals surface area contributed by atoms with Gasteiger partial charge in [0.1, 0.15) is 11.5 Å². The molecule has 0 saturated carbocycles. The van der Waals surface area contributed by atoms with Crippen molar-refractivity contribution in [3.8, 4) is 11.5 Å². The molecule has 0 aromatic heterocycles. The summed E-state index contributed by atoms with van der Waals surface area (Å²) in [6.07, 6.45) is 4.17. The first-order chi connectivity index (χ1) is 8.09. The molecule has 1 N–H and O–H groups in total. The lowest BCUT2D eigenvalue weighted by Gasteiger charge is -2.25. The van der Waals surface area contributed by atoms with Crippen molar-refractivity contribution in [1.29, 1.82) is 0 Å². The number of hydrogen-bond donors (Lipinski definition) is 1. The summed E-state index contributed by atoms with van der Waals surface area (Å²) in [5.41, 5.74) is 0.853. The van der Waals surface area contributed by atoms with Gasteiger partial charge in [0.25, 0.3) is 0 Å². The van der Waals surface area contributed by atoms with E-state index in [0.29, 0.717) is 6.42 Å². The Labute approximate surface area is 102 Å². The number of allylic oxidation sites excluding steroid dienone is 1. The second-order valence-electron chi connectivity index (χ2n) is 4.61. The zero-order chi connectivity index (χ0) is 12.5. The Bertz CT molecular complexity index is 439. The Balaban J connectivity index is 2.46. The number of benzene rings is 1. The van der Waals surface area contributed by atoms with E-state index >= 15 is 0 Å². The second kappa shape index (κ2) is 4.41. The molecule has 0 radical (unpaired) electrons. The highest BCUT2D eigenvalue weighted by Gasteiger charge is 2.33. The first kappa shape index (κ1) is 12.0. The molecule has 0 fully saturated rings. The fourth-order valence-corrected chi connectivity index (χ4v) is 2.35. The van der Waals surface area contributed by atoms with Crippen molar-refractivity contribution in [2.24, 2.45) is 0 Å². The third-order valence-electron chi connectivity index (χ3n) is 3.34. The standard InChI is InChI=1S/C14H18O3/c1-14(7-6-10(15)9-14)12-8-11(16-2)4-5-13(12)17-3/h4-8,10,15H,9H2,1-3H3. The molecule has 0 bridgehead atoms. The van der Waals surface area contributed by atoms with Crippen molar-refractivity contribution in [1.82, 2.24) is 0 Å². The lowest BCUT2D eigenvalue weighted by atomic mass is 9.81. The van der Waals surface area contributed by atoms with Crippen LogP contribution in [0, 0.1) is 0 Å². The van der Waals surface area contributed by atoms with Crippen LogP contribution in [0.25, 0.3) is 0 Å². The van der Waals surface area contributed by atoms with Gasteiger partial charge >= 0.3 is 0 Å². The minimum absolute atomic E-state index is 0.195. The van der Waals surface area contributed by atoms with Crippen molar-refractivity contribution >= 4 is 0 Å². The van der Waals surface area contributed by atoms with Crippen LogP contribution in [0.15, 0.2) is 30.4 Å². The zero-order valence-corrected chi connectivity index (χ0v) is 10.4. The highest BCUT2D eigenvalue weighted by molar-refractivity contribution is 5.48. The molecular formula is C14H18O3. The zero-order valence-electron chi connectivity index (χ0n) is 10.4. The van der Waals surface area contributed by atoms with Crippen molar-refractivity contribution in [2.45, 2.75) is 24.9 Å². The summed E-state index contributed by atoms with van der Waals surface area (Å²) >= 11 is 0. The first-order valence-corrected chi connectivity index (χ1v) is 5.69. The van der Waals surface area contributed by atoms with Gasteiger partial charge in [0, 0.05) is 11.0 Å². The summed E-state index contributed by atoms with van der Waals surface area (Å²) in [5.74, 6) is 1.63. The molecule has 92 valence electrons. The molecule has 2 unspecified atom stereocenters. The Kier molecular flexibility index (Phi) is 3.11. The lowest BCUT2D eigenvalue weighted by molar-refractivity contribution is 0.204. The number of methoxy groups -OCH3 is 2. The largest absolute Gasteiger partial charge is 0.497 e. The van der Waals surface area contributed by atoms with E-state index in [1.807, 2.05) is 30.4 Å². The molecule has 2 rings (SSSR count). The Hall–Kier alpha value is -1.48. The number of ether oxygens (including phenoxy) is 2. The van der Waals surface area contributed by atoms with Crippen LogP contribution < -0.4 is 9.47 Å². The Morgan fingerprint density at radius 3 is 2.59 bits per heavy atom. The maximum atomic E-state index is 9.66. The van der Waals surface area contributed by atoms with E-state index < -0.39 is 0 Å². The molecule has 1 aromatic rings. The third-order valence-corrected chi connectivity index (χ3v) is 3.34. The van der Waals surface area contributed by atoms with Gasteiger partial charge in [-0.2, -0.15) is 0 Å². The van der Waals surface area contributed by atoms with Crippen LogP contribution in [-0.4, -0.2) is 25.4 Å². The lowest BCUT2D eigenvalue weighted by Crippen LogP contribution is -2.20. The number of aliphatic hydroxyl groups excluding tert-OH is 1. The molecule has 1 aliphatic carbocycles.